The summed E-state index contributed by atoms with van der Waals surface area (Å²) in [5.74, 6) is 1.05. The van der Waals surface area contributed by atoms with Crippen LogP contribution in [0.4, 0.5) is 27.3 Å². The fourth-order valence-electron chi connectivity index (χ4n) is 5.57. The number of phenolic OH excluding ortho intramolecular Hbond substituents is 1. The molecule has 2 aliphatic heterocycles. The second kappa shape index (κ2) is 8.32. The van der Waals surface area contributed by atoms with E-state index in [1.165, 1.54) is 18.6 Å². The minimum Gasteiger partial charge on any atom is -0.508 e. The van der Waals surface area contributed by atoms with E-state index in [-0.39, 0.29) is 36.3 Å². The first-order chi connectivity index (χ1) is 16.9. The van der Waals surface area contributed by atoms with Crippen molar-refractivity contribution in [1.29, 1.82) is 0 Å². The van der Waals surface area contributed by atoms with Crippen molar-refractivity contribution in [2.24, 2.45) is 11.8 Å². The number of aliphatic hydroxyl groups is 1. The summed E-state index contributed by atoms with van der Waals surface area (Å²) in [6.45, 7) is 3.56. The van der Waals surface area contributed by atoms with Crippen LogP contribution in [0.3, 0.4) is 0 Å². The van der Waals surface area contributed by atoms with Gasteiger partial charge in [0.05, 0.1) is 23.5 Å². The van der Waals surface area contributed by atoms with Crippen LogP contribution in [0.25, 0.3) is 0 Å². The molecule has 3 aromatic rings. The molecular formula is C27H27FN4O3. The predicted molar refractivity (Wildman–Crippen MR) is 131 cm³/mol. The first-order valence-electron chi connectivity index (χ1n) is 11.9. The number of carbonyl (C=O) groups excluding carboxylic acids is 1. The molecule has 0 spiro atoms. The molecule has 6 rings (SSSR count). The number of nitrogens with zero attached hydrogens (tertiary/aromatic N) is 2. The van der Waals surface area contributed by atoms with Crippen molar-refractivity contribution in [3.05, 3.63) is 70.7 Å². The number of rotatable bonds is 5. The van der Waals surface area contributed by atoms with Gasteiger partial charge >= 0.3 is 0 Å². The molecule has 3 aliphatic rings. The number of phenols is 1. The predicted octanol–water partition coefficient (Wildman–Crippen LogP) is 4.27. The van der Waals surface area contributed by atoms with Gasteiger partial charge in [-0.3, -0.25) is 9.69 Å². The average molecular weight is 475 g/mol. The Balaban J connectivity index is 1.27. The fourth-order valence-corrected chi connectivity index (χ4v) is 5.57. The smallest absolute Gasteiger partial charge is 0.173 e. The van der Waals surface area contributed by atoms with Crippen molar-refractivity contribution < 1.29 is 19.4 Å². The maximum absolute atomic E-state index is 14.5. The van der Waals surface area contributed by atoms with Gasteiger partial charge in [0, 0.05) is 43.5 Å². The van der Waals surface area contributed by atoms with Gasteiger partial charge in [0.1, 0.15) is 17.4 Å². The monoisotopic (exact) mass is 474 g/mol. The molecule has 8 heteroatoms. The number of halogens is 1. The molecule has 0 bridgehead atoms. The topological polar surface area (TPSA) is 97.7 Å². The van der Waals surface area contributed by atoms with Crippen LogP contribution in [-0.2, 0) is 13.0 Å². The van der Waals surface area contributed by atoms with E-state index in [4.69, 9.17) is 0 Å². The van der Waals surface area contributed by atoms with E-state index >= 15 is 0 Å². The lowest BCUT2D eigenvalue weighted by Crippen LogP contribution is -2.35. The first kappa shape index (κ1) is 22.0. The molecule has 3 atom stereocenters. The molecule has 3 unspecified atom stereocenters. The number of ketones is 1. The highest BCUT2D eigenvalue weighted by Crippen LogP contribution is 2.49. The van der Waals surface area contributed by atoms with Crippen LogP contribution >= 0.6 is 0 Å². The fraction of sp³-hybridized carbons (Fsp3) is 0.333. The van der Waals surface area contributed by atoms with Crippen molar-refractivity contribution in [1.82, 2.24) is 9.88 Å². The zero-order valence-electron chi connectivity index (χ0n) is 19.4. The number of piperidine rings is 1. The van der Waals surface area contributed by atoms with Crippen LogP contribution in [0.2, 0.25) is 0 Å². The van der Waals surface area contributed by atoms with E-state index < -0.39 is 5.82 Å². The number of benzene rings is 2. The Morgan fingerprint density at radius 2 is 2.09 bits per heavy atom. The zero-order chi connectivity index (χ0) is 24.3. The van der Waals surface area contributed by atoms with Gasteiger partial charge in [-0.15, -0.1) is 0 Å². The van der Waals surface area contributed by atoms with E-state index in [1.54, 1.807) is 19.2 Å². The van der Waals surface area contributed by atoms with Crippen LogP contribution in [-0.4, -0.2) is 45.1 Å². The molecule has 2 aromatic carbocycles. The summed E-state index contributed by atoms with van der Waals surface area (Å²) in [5.41, 5.74) is 4.08. The number of likely N-dealkylation sites (tertiary alicyclic amines) is 1. The second-order valence-corrected chi connectivity index (χ2v) is 9.88. The number of nitrogens with one attached hydrogen (secondary N) is 2. The quantitative estimate of drug-likeness (QED) is 0.438. The third-order valence-corrected chi connectivity index (χ3v) is 7.54. The molecule has 35 heavy (non-hydrogen) atoms. The van der Waals surface area contributed by atoms with Crippen molar-refractivity contribution in [3.63, 3.8) is 0 Å². The van der Waals surface area contributed by atoms with Gasteiger partial charge in [0.25, 0.3) is 0 Å². The van der Waals surface area contributed by atoms with Crippen LogP contribution in [0.15, 0.2) is 42.6 Å². The van der Waals surface area contributed by atoms with Gasteiger partial charge < -0.3 is 20.8 Å². The normalized spacial score (nSPS) is 22.6. The summed E-state index contributed by atoms with van der Waals surface area (Å²) in [6.07, 6.45) is 2.96. The summed E-state index contributed by atoms with van der Waals surface area (Å²) >= 11 is 0. The van der Waals surface area contributed by atoms with Crippen LogP contribution in [0.5, 0.6) is 5.75 Å². The Morgan fingerprint density at radius 1 is 1.23 bits per heavy atom. The van der Waals surface area contributed by atoms with Gasteiger partial charge in [-0.2, -0.15) is 0 Å². The van der Waals surface area contributed by atoms with Gasteiger partial charge in [0.2, 0.25) is 0 Å². The standard InChI is InChI=1S/C27H27FN4O3/c1-14-6-19(28)22(10-24(14)34)30-21-4-5-29-27-26(21)25(35)9-16-7-15(2-3-20(16)31-27)11-32-12-17-8-18(17)23(32)13-33/h2-7,10,17-18,23,33-34H,8-9,11-13H2,1H3,(H2,29,30,31). The lowest BCUT2D eigenvalue weighted by atomic mass is 10.0. The molecular weight excluding hydrogens is 447 g/mol. The van der Waals surface area contributed by atoms with E-state index in [1.807, 2.05) is 12.1 Å². The molecule has 3 heterocycles. The molecule has 1 aromatic heterocycles. The Morgan fingerprint density at radius 3 is 2.91 bits per heavy atom. The van der Waals surface area contributed by atoms with E-state index in [2.05, 4.69) is 26.6 Å². The maximum atomic E-state index is 14.5. The highest BCUT2D eigenvalue weighted by molar-refractivity contribution is 6.09. The minimum absolute atomic E-state index is 0.0304. The summed E-state index contributed by atoms with van der Waals surface area (Å²) in [6, 6.07) is 10.5. The van der Waals surface area contributed by atoms with E-state index in [0.29, 0.717) is 34.5 Å². The van der Waals surface area contributed by atoms with Gasteiger partial charge in [0.15, 0.2) is 5.78 Å². The summed E-state index contributed by atoms with van der Waals surface area (Å²) in [7, 11) is 0. The Hall–Kier alpha value is -3.49. The molecule has 4 N–H and O–H groups in total. The van der Waals surface area contributed by atoms with E-state index in [0.717, 1.165) is 29.9 Å². The summed E-state index contributed by atoms with van der Waals surface area (Å²) in [5, 5.41) is 26.1. The SMILES string of the molecule is Cc1cc(F)c(Nc2ccnc3c2C(=O)Cc2cc(CN4CC5CC5C4CO)ccc2N3)cc1O. The Kier molecular flexibility index (Phi) is 5.23. The number of hydrogen-bond acceptors (Lipinski definition) is 7. The molecule has 1 saturated carbocycles. The number of carbonyl (C=O) groups is 1. The largest absolute Gasteiger partial charge is 0.508 e. The number of aromatic hydroxyl groups is 1. The number of aliphatic hydroxyl groups excluding tert-OH is 1. The van der Waals surface area contributed by atoms with Crippen LogP contribution in [0, 0.1) is 24.6 Å². The van der Waals surface area contributed by atoms with Gasteiger partial charge in [-0.25, -0.2) is 9.37 Å². The zero-order valence-corrected chi connectivity index (χ0v) is 19.4. The number of aryl methyl sites for hydroxylation is 1. The lowest BCUT2D eigenvalue weighted by molar-refractivity contribution is 0.0995. The Bertz CT molecular complexity index is 1340. The van der Waals surface area contributed by atoms with Crippen LogP contribution < -0.4 is 10.6 Å². The molecule has 0 amide bonds. The molecule has 180 valence electrons. The number of fused-ring (bicyclic) bond motifs is 3. The number of anilines is 4. The molecule has 7 nitrogen and oxygen atoms in total. The molecule has 2 fully saturated rings. The van der Waals surface area contributed by atoms with Crippen molar-refractivity contribution in [2.45, 2.75) is 32.4 Å². The van der Waals surface area contributed by atoms with Crippen molar-refractivity contribution >= 4 is 28.7 Å². The van der Waals surface area contributed by atoms with Crippen molar-refractivity contribution in [2.75, 3.05) is 23.8 Å². The van der Waals surface area contributed by atoms with Gasteiger partial charge in [-0.1, -0.05) is 12.1 Å². The highest BCUT2D eigenvalue weighted by atomic mass is 19.1. The highest BCUT2D eigenvalue weighted by Gasteiger charge is 2.51. The summed E-state index contributed by atoms with van der Waals surface area (Å²) < 4.78 is 14.5. The molecule has 1 saturated heterocycles. The number of aromatic nitrogens is 1. The number of pyridine rings is 1. The second-order valence-electron chi connectivity index (χ2n) is 9.88. The van der Waals surface area contributed by atoms with Gasteiger partial charge in [-0.05, 0) is 60.1 Å². The van der Waals surface area contributed by atoms with E-state index in [9.17, 15) is 19.4 Å². The number of Topliss-reactive ketones (excluding diaryl/α,β-unsaturated/α-hetero) is 1. The molecule has 1 aliphatic carbocycles. The first-order valence-corrected chi connectivity index (χ1v) is 11.9. The molecule has 0 radical (unpaired) electrons. The minimum atomic E-state index is -0.520. The number of hydrogen-bond donors (Lipinski definition) is 4. The average Bonchev–Trinajstić information content (AvgIpc) is 3.52. The van der Waals surface area contributed by atoms with Crippen LogP contribution in [0.1, 0.15) is 33.5 Å². The maximum Gasteiger partial charge on any atom is 0.173 e. The lowest BCUT2D eigenvalue weighted by Gasteiger charge is -2.26. The summed E-state index contributed by atoms with van der Waals surface area (Å²) in [4.78, 5) is 20.1. The van der Waals surface area contributed by atoms with Crippen molar-refractivity contribution in [3.8, 4) is 5.75 Å². The Labute approximate surface area is 202 Å². The third-order valence-electron chi connectivity index (χ3n) is 7.54. The third kappa shape index (κ3) is 3.92.